The Hall–Kier alpha value is -3.09. The highest BCUT2D eigenvalue weighted by molar-refractivity contribution is 5.89. The molecule has 0 atom stereocenters. The largest absolute Gasteiger partial charge is 0.469 e. The van der Waals surface area contributed by atoms with E-state index in [4.69, 9.17) is 8.83 Å². The van der Waals surface area contributed by atoms with Gasteiger partial charge in [0.25, 0.3) is 0 Å². The number of carbonyl (C=O) groups is 1. The molecular weight excluding hydrogens is 318 g/mol. The second-order valence-electron chi connectivity index (χ2n) is 5.02. The first kappa shape index (κ1) is 15.8. The van der Waals surface area contributed by atoms with Gasteiger partial charge < -0.3 is 19.5 Å². The lowest BCUT2D eigenvalue weighted by Gasteiger charge is -2.14. The van der Waals surface area contributed by atoms with Crippen molar-refractivity contribution < 1.29 is 22.4 Å². The van der Waals surface area contributed by atoms with Crippen molar-refractivity contribution in [2.24, 2.45) is 0 Å². The number of nitrogens with one attached hydrogen (secondary N) is 2. The third kappa shape index (κ3) is 3.45. The van der Waals surface area contributed by atoms with Gasteiger partial charge in [0.05, 0.1) is 18.4 Å². The summed E-state index contributed by atoms with van der Waals surface area (Å²) in [7, 11) is 0. The van der Waals surface area contributed by atoms with E-state index in [1.807, 2.05) is 0 Å². The van der Waals surface area contributed by atoms with Crippen LogP contribution in [0.4, 0.5) is 19.3 Å². The van der Waals surface area contributed by atoms with E-state index in [9.17, 15) is 13.6 Å². The van der Waals surface area contributed by atoms with E-state index in [0.717, 1.165) is 12.1 Å². The number of rotatable bonds is 5. The highest BCUT2D eigenvalue weighted by atomic mass is 19.1. The fraction of sp³-hybridized carbons (Fsp3) is 0.118. The van der Waals surface area contributed by atoms with Gasteiger partial charge in [-0.25, -0.2) is 13.6 Å². The van der Waals surface area contributed by atoms with Crippen molar-refractivity contribution in [2.45, 2.75) is 5.92 Å². The number of urea groups is 1. The van der Waals surface area contributed by atoms with Crippen LogP contribution in [0.5, 0.6) is 0 Å². The van der Waals surface area contributed by atoms with Gasteiger partial charge in [0.15, 0.2) is 0 Å². The molecule has 0 aliphatic rings. The van der Waals surface area contributed by atoms with Gasteiger partial charge in [0.2, 0.25) is 0 Å². The maximum Gasteiger partial charge on any atom is 0.319 e. The quantitative estimate of drug-likeness (QED) is 0.739. The Labute approximate surface area is 136 Å². The van der Waals surface area contributed by atoms with Crippen LogP contribution in [0, 0.1) is 11.6 Å². The Morgan fingerprint density at radius 3 is 2.04 bits per heavy atom. The highest BCUT2D eigenvalue weighted by Gasteiger charge is 2.21. The number of hydrogen-bond acceptors (Lipinski definition) is 3. The molecule has 0 bridgehead atoms. The topological polar surface area (TPSA) is 67.4 Å². The van der Waals surface area contributed by atoms with Crippen LogP contribution in [0.2, 0.25) is 0 Å². The van der Waals surface area contributed by atoms with Gasteiger partial charge in [0.1, 0.15) is 28.8 Å². The minimum Gasteiger partial charge on any atom is -0.469 e. The number of benzene rings is 1. The Bertz CT molecular complexity index is 747. The molecule has 0 unspecified atom stereocenters. The van der Waals surface area contributed by atoms with E-state index < -0.39 is 23.4 Å². The van der Waals surface area contributed by atoms with Gasteiger partial charge in [0, 0.05) is 6.54 Å². The van der Waals surface area contributed by atoms with Gasteiger partial charge in [-0.15, -0.1) is 0 Å². The zero-order chi connectivity index (χ0) is 16.9. The molecule has 2 heterocycles. The van der Waals surface area contributed by atoms with Gasteiger partial charge in [-0.1, -0.05) is 6.07 Å². The lowest BCUT2D eigenvalue weighted by Crippen LogP contribution is -2.33. The summed E-state index contributed by atoms with van der Waals surface area (Å²) in [5.74, 6) is -0.853. The molecule has 5 nitrogen and oxygen atoms in total. The predicted molar refractivity (Wildman–Crippen MR) is 82.6 cm³/mol. The maximum atomic E-state index is 13.5. The molecule has 0 saturated heterocycles. The average Bonchev–Trinajstić information content (AvgIpc) is 3.25. The summed E-state index contributed by atoms with van der Waals surface area (Å²) in [6.07, 6.45) is 3.03. The van der Waals surface area contributed by atoms with E-state index in [2.05, 4.69) is 10.6 Å². The molecule has 24 heavy (non-hydrogen) atoms. The summed E-state index contributed by atoms with van der Waals surface area (Å²) in [4.78, 5) is 11.9. The minimum atomic E-state index is -0.848. The number of carbonyl (C=O) groups excluding carboxylic acids is 1. The SMILES string of the molecule is O=C(NCC(c1ccco1)c1ccco1)Nc1c(F)cccc1F. The van der Waals surface area contributed by atoms with Crippen molar-refractivity contribution in [1.29, 1.82) is 0 Å². The second kappa shape index (κ2) is 6.99. The predicted octanol–water partition coefficient (Wildman–Crippen LogP) is 4.10. The standard InChI is InChI=1S/C17H14F2N2O3/c18-12-4-1-5-13(19)16(12)21-17(22)20-10-11(14-6-2-8-23-14)15-7-3-9-24-15/h1-9,11H,10H2,(H2,20,21,22). The zero-order valence-corrected chi connectivity index (χ0v) is 12.5. The third-order valence-electron chi connectivity index (χ3n) is 3.44. The van der Waals surface area contributed by atoms with Crippen molar-refractivity contribution in [3.8, 4) is 0 Å². The number of amides is 2. The Kier molecular flexibility index (Phi) is 4.60. The van der Waals surface area contributed by atoms with Crippen LogP contribution in [0.25, 0.3) is 0 Å². The number of anilines is 1. The average molecular weight is 332 g/mol. The lowest BCUT2D eigenvalue weighted by atomic mass is 10.0. The normalized spacial score (nSPS) is 10.8. The first-order valence-corrected chi connectivity index (χ1v) is 7.21. The summed E-state index contributed by atoms with van der Waals surface area (Å²) >= 11 is 0. The highest BCUT2D eigenvalue weighted by Crippen LogP contribution is 2.25. The van der Waals surface area contributed by atoms with Crippen LogP contribution in [-0.2, 0) is 0 Å². The molecule has 0 spiro atoms. The molecule has 1 aromatic carbocycles. The molecular formula is C17H14F2N2O3. The zero-order valence-electron chi connectivity index (χ0n) is 12.5. The molecule has 0 fully saturated rings. The molecule has 0 aliphatic carbocycles. The Morgan fingerprint density at radius 2 is 1.54 bits per heavy atom. The van der Waals surface area contributed by atoms with Crippen molar-refractivity contribution in [1.82, 2.24) is 5.32 Å². The summed E-state index contributed by atoms with van der Waals surface area (Å²) in [5, 5.41) is 4.72. The molecule has 0 saturated carbocycles. The molecule has 124 valence electrons. The molecule has 7 heteroatoms. The van der Waals surface area contributed by atoms with Gasteiger partial charge in [-0.2, -0.15) is 0 Å². The molecule has 3 aromatic rings. The summed E-state index contributed by atoms with van der Waals surface area (Å²) in [5.41, 5.74) is -0.498. The summed E-state index contributed by atoms with van der Waals surface area (Å²) in [6.45, 7) is 0.128. The van der Waals surface area contributed by atoms with E-state index in [0.29, 0.717) is 11.5 Å². The minimum absolute atomic E-state index is 0.128. The monoisotopic (exact) mass is 332 g/mol. The van der Waals surface area contributed by atoms with E-state index in [1.165, 1.54) is 18.6 Å². The molecule has 0 radical (unpaired) electrons. The molecule has 2 aromatic heterocycles. The number of para-hydroxylation sites is 1. The molecule has 0 aliphatic heterocycles. The van der Waals surface area contributed by atoms with E-state index in [1.54, 1.807) is 24.3 Å². The smallest absolute Gasteiger partial charge is 0.319 e. The molecule has 2 amide bonds. The number of furan rings is 2. The number of halogens is 2. The molecule has 2 N–H and O–H groups in total. The van der Waals surface area contributed by atoms with Crippen LogP contribution < -0.4 is 10.6 Å². The molecule has 3 rings (SSSR count). The van der Waals surface area contributed by atoms with Crippen molar-refractivity contribution >= 4 is 11.7 Å². The van der Waals surface area contributed by atoms with Gasteiger partial charge in [-0.05, 0) is 36.4 Å². The first-order chi connectivity index (χ1) is 11.6. The van der Waals surface area contributed by atoms with Gasteiger partial charge in [-0.3, -0.25) is 0 Å². The summed E-state index contributed by atoms with van der Waals surface area (Å²) < 4.78 is 37.8. The Balaban J connectivity index is 1.68. The summed E-state index contributed by atoms with van der Waals surface area (Å²) in [6, 6.07) is 9.56. The van der Waals surface area contributed by atoms with E-state index in [-0.39, 0.29) is 12.5 Å². The van der Waals surface area contributed by atoms with Crippen LogP contribution in [0.15, 0.2) is 63.8 Å². The fourth-order valence-corrected chi connectivity index (χ4v) is 2.29. The van der Waals surface area contributed by atoms with Crippen molar-refractivity contribution in [2.75, 3.05) is 11.9 Å². The Morgan fingerprint density at radius 1 is 0.958 bits per heavy atom. The van der Waals surface area contributed by atoms with Crippen LogP contribution in [0.3, 0.4) is 0 Å². The second-order valence-corrected chi connectivity index (χ2v) is 5.02. The van der Waals surface area contributed by atoms with Gasteiger partial charge >= 0.3 is 6.03 Å². The van der Waals surface area contributed by atoms with Crippen LogP contribution >= 0.6 is 0 Å². The van der Waals surface area contributed by atoms with Crippen molar-refractivity contribution in [3.05, 3.63) is 78.1 Å². The van der Waals surface area contributed by atoms with E-state index >= 15 is 0 Å². The van der Waals surface area contributed by atoms with Crippen LogP contribution in [0.1, 0.15) is 17.4 Å². The fourth-order valence-electron chi connectivity index (χ4n) is 2.29. The van der Waals surface area contributed by atoms with Crippen molar-refractivity contribution in [3.63, 3.8) is 0 Å². The van der Waals surface area contributed by atoms with Crippen LogP contribution in [-0.4, -0.2) is 12.6 Å². The third-order valence-corrected chi connectivity index (χ3v) is 3.44. The maximum absolute atomic E-state index is 13.5. The number of hydrogen-bond donors (Lipinski definition) is 2. The lowest BCUT2D eigenvalue weighted by molar-refractivity contribution is 0.251. The first-order valence-electron chi connectivity index (χ1n) is 7.21.